The summed E-state index contributed by atoms with van der Waals surface area (Å²) in [7, 11) is 0. The molecule has 1 heterocycles. The Morgan fingerprint density at radius 3 is 2.81 bits per heavy atom. The number of nitrogens with one attached hydrogen (secondary N) is 1. The fourth-order valence-electron chi connectivity index (χ4n) is 4.46. The molecule has 2 nitrogen and oxygen atoms in total. The summed E-state index contributed by atoms with van der Waals surface area (Å²) in [6.07, 6.45) is 8.06. The standard InChI is InChI=1S/C19H30N2/c1-3-16-10-7-8-14-21(16)18-13-12-15-9-5-6-11-17(15)19(18)20-4-2/h5-6,9,11,16,18-20H,3-4,7-8,10,12-14H2,1-2H3. The van der Waals surface area contributed by atoms with Crippen molar-refractivity contribution in [1.82, 2.24) is 10.2 Å². The Hall–Kier alpha value is -0.860. The molecule has 2 aliphatic rings. The molecule has 116 valence electrons. The van der Waals surface area contributed by atoms with E-state index in [2.05, 4.69) is 48.3 Å². The van der Waals surface area contributed by atoms with E-state index in [0.717, 1.165) is 12.6 Å². The van der Waals surface area contributed by atoms with Gasteiger partial charge in [0.1, 0.15) is 0 Å². The van der Waals surface area contributed by atoms with Gasteiger partial charge in [0.2, 0.25) is 0 Å². The van der Waals surface area contributed by atoms with Gasteiger partial charge in [-0.2, -0.15) is 0 Å². The Morgan fingerprint density at radius 2 is 2.00 bits per heavy atom. The van der Waals surface area contributed by atoms with E-state index in [1.54, 1.807) is 11.1 Å². The molecule has 0 aromatic heterocycles. The number of likely N-dealkylation sites (N-methyl/N-ethyl adjacent to an activating group) is 1. The molecule has 0 radical (unpaired) electrons. The molecule has 0 amide bonds. The van der Waals surface area contributed by atoms with Crippen molar-refractivity contribution in [3.8, 4) is 0 Å². The lowest BCUT2D eigenvalue weighted by atomic mass is 9.81. The van der Waals surface area contributed by atoms with Gasteiger partial charge in [0, 0.05) is 18.1 Å². The first-order valence-electron chi connectivity index (χ1n) is 8.92. The molecule has 1 aromatic carbocycles. The molecule has 1 aliphatic heterocycles. The molecule has 1 aromatic rings. The van der Waals surface area contributed by atoms with Crippen LogP contribution in [0.5, 0.6) is 0 Å². The number of hydrogen-bond donors (Lipinski definition) is 1. The summed E-state index contributed by atoms with van der Waals surface area (Å²) >= 11 is 0. The van der Waals surface area contributed by atoms with Crippen LogP contribution in [0.3, 0.4) is 0 Å². The summed E-state index contributed by atoms with van der Waals surface area (Å²) in [4.78, 5) is 2.84. The lowest BCUT2D eigenvalue weighted by Gasteiger charge is -2.47. The first kappa shape index (κ1) is 15.1. The van der Waals surface area contributed by atoms with E-state index >= 15 is 0 Å². The highest BCUT2D eigenvalue weighted by molar-refractivity contribution is 5.34. The fourth-order valence-corrected chi connectivity index (χ4v) is 4.46. The van der Waals surface area contributed by atoms with Gasteiger partial charge >= 0.3 is 0 Å². The molecule has 3 atom stereocenters. The molecular formula is C19H30N2. The van der Waals surface area contributed by atoms with Gasteiger partial charge in [-0.3, -0.25) is 4.90 Å². The maximum Gasteiger partial charge on any atom is 0.0481 e. The molecule has 1 aliphatic carbocycles. The molecule has 3 rings (SSSR count). The van der Waals surface area contributed by atoms with Crippen molar-refractivity contribution in [1.29, 1.82) is 0 Å². The quantitative estimate of drug-likeness (QED) is 0.902. The molecule has 1 N–H and O–H groups in total. The molecule has 1 saturated heterocycles. The zero-order valence-electron chi connectivity index (χ0n) is 13.6. The van der Waals surface area contributed by atoms with Gasteiger partial charge in [-0.05, 0) is 56.3 Å². The Morgan fingerprint density at radius 1 is 1.14 bits per heavy atom. The molecule has 0 bridgehead atoms. The minimum Gasteiger partial charge on any atom is -0.309 e. The first-order valence-corrected chi connectivity index (χ1v) is 8.92. The third kappa shape index (κ3) is 3.02. The molecule has 0 spiro atoms. The second-order valence-electron chi connectivity index (χ2n) is 6.64. The summed E-state index contributed by atoms with van der Waals surface area (Å²) in [5, 5.41) is 3.79. The molecule has 3 unspecified atom stereocenters. The van der Waals surface area contributed by atoms with E-state index in [1.807, 2.05) is 0 Å². The topological polar surface area (TPSA) is 15.3 Å². The fraction of sp³-hybridized carbons (Fsp3) is 0.684. The average molecular weight is 286 g/mol. The number of rotatable bonds is 4. The van der Waals surface area contributed by atoms with Gasteiger partial charge < -0.3 is 5.32 Å². The Balaban J connectivity index is 1.87. The van der Waals surface area contributed by atoms with Gasteiger partial charge in [0.25, 0.3) is 0 Å². The lowest BCUT2D eigenvalue weighted by Crippen LogP contribution is -2.53. The average Bonchev–Trinajstić information content (AvgIpc) is 2.55. The Bertz CT molecular complexity index is 457. The number of aryl methyl sites for hydroxylation is 1. The van der Waals surface area contributed by atoms with Crippen LogP contribution in [0.15, 0.2) is 24.3 Å². The van der Waals surface area contributed by atoms with Gasteiger partial charge in [-0.1, -0.05) is 44.5 Å². The Kier molecular flexibility index (Phi) is 4.97. The van der Waals surface area contributed by atoms with E-state index in [1.165, 1.54) is 45.1 Å². The molecule has 2 heteroatoms. The number of likely N-dealkylation sites (tertiary alicyclic amines) is 1. The van der Waals surface area contributed by atoms with E-state index in [-0.39, 0.29) is 0 Å². The molecular weight excluding hydrogens is 256 g/mol. The van der Waals surface area contributed by atoms with Gasteiger partial charge in [-0.25, -0.2) is 0 Å². The zero-order chi connectivity index (χ0) is 14.7. The minimum absolute atomic E-state index is 0.520. The van der Waals surface area contributed by atoms with E-state index < -0.39 is 0 Å². The van der Waals surface area contributed by atoms with E-state index in [4.69, 9.17) is 0 Å². The smallest absolute Gasteiger partial charge is 0.0481 e. The van der Waals surface area contributed by atoms with Crippen LogP contribution in [0.2, 0.25) is 0 Å². The lowest BCUT2D eigenvalue weighted by molar-refractivity contribution is 0.0604. The largest absolute Gasteiger partial charge is 0.309 e. The highest BCUT2D eigenvalue weighted by atomic mass is 15.2. The maximum absolute atomic E-state index is 3.79. The number of hydrogen-bond acceptors (Lipinski definition) is 2. The highest BCUT2D eigenvalue weighted by Crippen LogP contribution is 2.36. The van der Waals surface area contributed by atoms with Crippen molar-refractivity contribution in [2.45, 2.75) is 70.5 Å². The normalized spacial score (nSPS) is 30.1. The van der Waals surface area contributed by atoms with Crippen LogP contribution in [-0.4, -0.2) is 30.1 Å². The first-order chi connectivity index (χ1) is 10.3. The number of nitrogens with zero attached hydrogens (tertiary/aromatic N) is 1. The summed E-state index contributed by atoms with van der Waals surface area (Å²) in [6.45, 7) is 6.96. The Labute approximate surface area is 129 Å². The predicted molar refractivity (Wildman–Crippen MR) is 89.6 cm³/mol. The van der Waals surface area contributed by atoms with Gasteiger partial charge in [0.05, 0.1) is 0 Å². The van der Waals surface area contributed by atoms with Crippen LogP contribution < -0.4 is 5.32 Å². The second-order valence-corrected chi connectivity index (χ2v) is 6.64. The predicted octanol–water partition coefficient (Wildman–Crippen LogP) is 3.92. The summed E-state index contributed by atoms with van der Waals surface area (Å²) < 4.78 is 0. The van der Waals surface area contributed by atoms with Crippen molar-refractivity contribution in [3.63, 3.8) is 0 Å². The maximum atomic E-state index is 3.79. The molecule has 1 fully saturated rings. The van der Waals surface area contributed by atoms with Crippen LogP contribution >= 0.6 is 0 Å². The second kappa shape index (κ2) is 6.93. The van der Waals surface area contributed by atoms with Crippen molar-refractivity contribution < 1.29 is 0 Å². The van der Waals surface area contributed by atoms with Crippen LogP contribution in [0.4, 0.5) is 0 Å². The van der Waals surface area contributed by atoms with Crippen LogP contribution in [0.25, 0.3) is 0 Å². The molecule has 0 saturated carbocycles. The highest BCUT2D eigenvalue weighted by Gasteiger charge is 2.36. The third-order valence-electron chi connectivity index (χ3n) is 5.48. The van der Waals surface area contributed by atoms with E-state index in [0.29, 0.717) is 12.1 Å². The van der Waals surface area contributed by atoms with E-state index in [9.17, 15) is 0 Å². The number of piperidine rings is 1. The molecule has 21 heavy (non-hydrogen) atoms. The van der Waals surface area contributed by atoms with Crippen LogP contribution in [0.1, 0.15) is 63.1 Å². The summed E-state index contributed by atoms with van der Waals surface area (Å²) in [5.74, 6) is 0. The van der Waals surface area contributed by atoms with Gasteiger partial charge in [0.15, 0.2) is 0 Å². The van der Waals surface area contributed by atoms with Crippen molar-refractivity contribution in [3.05, 3.63) is 35.4 Å². The van der Waals surface area contributed by atoms with Crippen molar-refractivity contribution in [2.75, 3.05) is 13.1 Å². The van der Waals surface area contributed by atoms with Crippen LogP contribution in [0, 0.1) is 0 Å². The monoisotopic (exact) mass is 286 g/mol. The van der Waals surface area contributed by atoms with Crippen LogP contribution in [-0.2, 0) is 6.42 Å². The summed E-state index contributed by atoms with van der Waals surface area (Å²) in [5.41, 5.74) is 3.11. The zero-order valence-corrected chi connectivity index (χ0v) is 13.6. The van der Waals surface area contributed by atoms with Crippen molar-refractivity contribution in [2.24, 2.45) is 0 Å². The number of fused-ring (bicyclic) bond motifs is 1. The minimum atomic E-state index is 0.520. The third-order valence-corrected chi connectivity index (χ3v) is 5.48. The summed E-state index contributed by atoms with van der Waals surface area (Å²) in [6, 6.07) is 11.1. The van der Waals surface area contributed by atoms with Gasteiger partial charge in [-0.15, -0.1) is 0 Å². The van der Waals surface area contributed by atoms with Crippen molar-refractivity contribution >= 4 is 0 Å². The SMILES string of the molecule is CCNC1c2ccccc2CCC1N1CCCCC1CC. The number of benzene rings is 1.